The van der Waals surface area contributed by atoms with E-state index >= 15 is 0 Å². The summed E-state index contributed by atoms with van der Waals surface area (Å²) in [6.45, 7) is 0.852. The third-order valence-corrected chi connectivity index (χ3v) is 5.09. The lowest BCUT2D eigenvalue weighted by molar-refractivity contribution is 0.353. The smallest absolute Gasteiger partial charge is 0.126 e. The normalized spacial score (nSPS) is 23.2. The predicted octanol–water partition coefficient (Wildman–Crippen LogP) is 4.55. The van der Waals surface area contributed by atoms with Gasteiger partial charge in [-0.05, 0) is 42.0 Å². The molecule has 16 heavy (non-hydrogen) atoms. The van der Waals surface area contributed by atoms with Crippen LogP contribution in [-0.4, -0.2) is 6.61 Å². The summed E-state index contributed by atoms with van der Waals surface area (Å²) in [5.41, 5.74) is 4.26. The monoisotopic (exact) mass is 344 g/mol. The van der Waals surface area contributed by atoms with Crippen LogP contribution in [0, 0.1) is 0 Å². The number of fused-ring (bicyclic) bond motifs is 3. The molecule has 0 saturated heterocycles. The van der Waals surface area contributed by atoms with Crippen LogP contribution in [0.1, 0.15) is 40.8 Å². The summed E-state index contributed by atoms with van der Waals surface area (Å²) >= 11 is 7.54. The van der Waals surface area contributed by atoms with Gasteiger partial charge in [-0.15, -0.1) is 0 Å². The molecule has 0 amide bonds. The molecule has 1 aliphatic carbocycles. The van der Waals surface area contributed by atoms with Gasteiger partial charge in [0.1, 0.15) is 5.75 Å². The number of ether oxygens (including phenoxy) is 1. The fourth-order valence-electron chi connectivity index (χ4n) is 2.74. The highest BCUT2D eigenvalue weighted by Gasteiger charge is 2.26. The Kier molecular flexibility index (Phi) is 3.01. The molecule has 0 radical (unpaired) electrons. The summed E-state index contributed by atoms with van der Waals surface area (Å²) in [5.74, 6) is 1.18. The largest absolute Gasteiger partial charge is 0.493 e. The van der Waals surface area contributed by atoms with E-state index in [1.807, 2.05) is 0 Å². The molecule has 86 valence electrons. The minimum atomic E-state index is 0.480. The minimum Gasteiger partial charge on any atom is -0.493 e. The van der Waals surface area contributed by atoms with Crippen molar-refractivity contribution in [1.29, 1.82) is 0 Å². The Balaban J connectivity index is 2.21. The minimum absolute atomic E-state index is 0.480. The van der Waals surface area contributed by atoms with Crippen molar-refractivity contribution in [3.63, 3.8) is 0 Å². The Labute approximate surface area is 113 Å². The molecular weight excluding hydrogens is 332 g/mol. The van der Waals surface area contributed by atoms with Crippen LogP contribution in [0.4, 0.5) is 0 Å². The van der Waals surface area contributed by atoms with Gasteiger partial charge in [0.2, 0.25) is 0 Å². The standard InChI is InChI=1S/C13H14Br2O/c14-10-4-2-1-3-9-12(10)11(15)7-8-5-6-16-13(8)9/h7,10H,1-6H2. The first kappa shape index (κ1) is 11.1. The fraction of sp³-hybridized carbons (Fsp3) is 0.538. The lowest BCUT2D eigenvalue weighted by Crippen LogP contribution is -1.99. The molecule has 1 unspecified atom stereocenters. The molecule has 0 spiro atoms. The molecule has 2 aliphatic rings. The van der Waals surface area contributed by atoms with Crippen molar-refractivity contribution in [3.8, 4) is 5.75 Å². The molecular formula is C13H14Br2O. The van der Waals surface area contributed by atoms with Gasteiger partial charge in [0.05, 0.1) is 6.61 Å². The first-order chi connectivity index (χ1) is 7.77. The molecule has 3 rings (SSSR count). The van der Waals surface area contributed by atoms with E-state index < -0.39 is 0 Å². The molecule has 1 aliphatic heterocycles. The van der Waals surface area contributed by atoms with Crippen LogP contribution >= 0.6 is 31.9 Å². The second kappa shape index (κ2) is 4.34. The van der Waals surface area contributed by atoms with E-state index in [4.69, 9.17) is 4.74 Å². The van der Waals surface area contributed by atoms with Gasteiger partial charge >= 0.3 is 0 Å². The molecule has 1 heterocycles. The molecule has 0 N–H and O–H groups in total. The molecule has 0 aromatic heterocycles. The summed E-state index contributed by atoms with van der Waals surface area (Å²) in [7, 11) is 0. The first-order valence-electron chi connectivity index (χ1n) is 5.88. The van der Waals surface area contributed by atoms with Crippen molar-refractivity contribution in [3.05, 3.63) is 27.2 Å². The number of alkyl halides is 1. The highest BCUT2D eigenvalue weighted by atomic mass is 79.9. The Hall–Kier alpha value is -0.0200. The molecule has 1 atom stereocenters. The van der Waals surface area contributed by atoms with E-state index in [0.717, 1.165) is 13.0 Å². The second-order valence-corrected chi connectivity index (χ2v) is 6.51. The zero-order valence-electron chi connectivity index (χ0n) is 9.06. The SMILES string of the molecule is Brc1cc2c(c3c1C(Br)CCCC3)OCC2. The Bertz CT molecular complexity index is 428. The van der Waals surface area contributed by atoms with Crippen LogP contribution < -0.4 is 4.74 Å². The lowest BCUT2D eigenvalue weighted by atomic mass is 9.98. The van der Waals surface area contributed by atoms with E-state index in [9.17, 15) is 0 Å². The van der Waals surface area contributed by atoms with E-state index in [1.165, 1.54) is 52.6 Å². The van der Waals surface area contributed by atoms with Gasteiger partial charge in [-0.3, -0.25) is 0 Å². The molecule has 1 nitrogen and oxygen atoms in total. The highest BCUT2D eigenvalue weighted by molar-refractivity contribution is 9.11. The summed E-state index contributed by atoms with van der Waals surface area (Å²) in [5, 5.41) is 0. The first-order valence-corrected chi connectivity index (χ1v) is 7.59. The Morgan fingerprint density at radius 3 is 3.00 bits per heavy atom. The average Bonchev–Trinajstić information content (AvgIpc) is 2.62. The molecule has 1 aromatic rings. The zero-order valence-corrected chi connectivity index (χ0v) is 12.2. The van der Waals surface area contributed by atoms with Crippen LogP contribution in [0.2, 0.25) is 0 Å². The maximum absolute atomic E-state index is 5.81. The van der Waals surface area contributed by atoms with Gasteiger partial charge in [0.25, 0.3) is 0 Å². The van der Waals surface area contributed by atoms with Gasteiger partial charge in [-0.2, -0.15) is 0 Å². The van der Waals surface area contributed by atoms with E-state index in [0.29, 0.717) is 4.83 Å². The van der Waals surface area contributed by atoms with Crippen LogP contribution in [-0.2, 0) is 12.8 Å². The van der Waals surface area contributed by atoms with E-state index in [-0.39, 0.29) is 0 Å². The predicted molar refractivity (Wildman–Crippen MR) is 72.6 cm³/mol. The second-order valence-electron chi connectivity index (χ2n) is 4.55. The van der Waals surface area contributed by atoms with Crippen molar-refractivity contribution < 1.29 is 4.74 Å². The van der Waals surface area contributed by atoms with Crippen molar-refractivity contribution >= 4 is 31.9 Å². The van der Waals surface area contributed by atoms with Gasteiger partial charge in [0.15, 0.2) is 0 Å². The van der Waals surface area contributed by atoms with Gasteiger partial charge in [-0.1, -0.05) is 38.3 Å². The third-order valence-electron chi connectivity index (χ3n) is 3.51. The number of benzene rings is 1. The summed E-state index contributed by atoms with van der Waals surface area (Å²) in [4.78, 5) is 0.480. The number of hydrogen-bond donors (Lipinski definition) is 0. The molecule has 3 heteroatoms. The maximum Gasteiger partial charge on any atom is 0.126 e. The molecule has 0 saturated carbocycles. The zero-order chi connectivity index (χ0) is 11.1. The quantitative estimate of drug-likeness (QED) is 0.495. The molecule has 0 bridgehead atoms. The molecule has 0 fully saturated rings. The van der Waals surface area contributed by atoms with Crippen molar-refractivity contribution in [2.24, 2.45) is 0 Å². The van der Waals surface area contributed by atoms with Gasteiger partial charge < -0.3 is 4.74 Å². The van der Waals surface area contributed by atoms with Crippen LogP contribution in [0.15, 0.2) is 10.5 Å². The topological polar surface area (TPSA) is 9.23 Å². The van der Waals surface area contributed by atoms with E-state index in [2.05, 4.69) is 37.9 Å². The molecule has 1 aromatic carbocycles. The summed E-state index contributed by atoms with van der Waals surface area (Å²) < 4.78 is 7.07. The average molecular weight is 346 g/mol. The van der Waals surface area contributed by atoms with Crippen molar-refractivity contribution in [2.45, 2.75) is 36.9 Å². The van der Waals surface area contributed by atoms with Crippen molar-refractivity contribution in [1.82, 2.24) is 0 Å². The van der Waals surface area contributed by atoms with Crippen LogP contribution in [0.25, 0.3) is 0 Å². The Morgan fingerprint density at radius 2 is 2.12 bits per heavy atom. The Morgan fingerprint density at radius 1 is 1.25 bits per heavy atom. The number of halogens is 2. The fourth-order valence-corrected chi connectivity index (χ4v) is 4.69. The maximum atomic E-state index is 5.81. The lowest BCUT2D eigenvalue weighted by Gasteiger charge is -2.16. The number of hydrogen-bond acceptors (Lipinski definition) is 1. The third kappa shape index (κ3) is 1.72. The van der Waals surface area contributed by atoms with Gasteiger partial charge in [-0.25, -0.2) is 0 Å². The highest BCUT2D eigenvalue weighted by Crippen LogP contribution is 2.45. The summed E-state index contributed by atoms with van der Waals surface area (Å²) in [6, 6.07) is 2.25. The van der Waals surface area contributed by atoms with Gasteiger partial charge in [0, 0.05) is 15.7 Å². The summed E-state index contributed by atoms with van der Waals surface area (Å²) in [6.07, 6.45) is 6.03. The van der Waals surface area contributed by atoms with Crippen molar-refractivity contribution in [2.75, 3.05) is 6.61 Å². The van der Waals surface area contributed by atoms with Crippen LogP contribution in [0.3, 0.4) is 0 Å². The van der Waals surface area contributed by atoms with Crippen LogP contribution in [0.5, 0.6) is 5.75 Å². The van der Waals surface area contributed by atoms with E-state index in [1.54, 1.807) is 0 Å². The number of rotatable bonds is 0.